The molecule has 7 heteroatoms. The third kappa shape index (κ3) is 6.07. The van der Waals surface area contributed by atoms with E-state index in [9.17, 15) is 19.8 Å². The fourth-order valence-corrected chi connectivity index (χ4v) is 2.71. The van der Waals surface area contributed by atoms with Crippen molar-refractivity contribution in [2.45, 2.75) is 32.2 Å². The van der Waals surface area contributed by atoms with Crippen molar-refractivity contribution in [3.05, 3.63) is 70.8 Å². The number of benzene rings is 2. The molecular formula is C21H25NO6. The summed E-state index contributed by atoms with van der Waals surface area (Å²) in [6.45, 7) is 2.03. The molecule has 0 radical (unpaired) electrons. The molecule has 0 heterocycles. The molecular weight excluding hydrogens is 362 g/mol. The van der Waals surface area contributed by atoms with Gasteiger partial charge in [-0.2, -0.15) is 0 Å². The predicted molar refractivity (Wildman–Crippen MR) is 103 cm³/mol. The van der Waals surface area contributed by atoms with Gasteiger partial charge in [0, 0.05) is 6.54 Å². The summed E-state index contributed by atoms with van der Waals surface area (Å²) in [4.78, 5) is 23.2. The molecule has 0 aliphatic carbocycles. The average molecular weight is 387 g/mol. The van der Waals surface area contributed by atoms with Crippen molar-refractivity contribution in [2.24, 2.45) is 0 Å². The molecule has 0 fully saturated rings. The van der Waals surface area contributed by atoms with Crippen molar-refractivity contribution >= 4 is 12.1 Å². The van der Waals surface area contributed by atoms with E-state index in [1.165, 1.54) is 13.2 Å². The zero-order valence-electron chi connectivity index (χ0n) is 15.9. The van der Waals surface area contributed by atoms with Crippen LogP contribution in [0.15, 0.2) is 48.5 Å². The molecule has 28 heavy (non-hydrogen) atoms. The Morgan fingerprint density at radius 2 is 1.82 bits per heavy atom. The van der Waals surface area contributed by atoms with Gasteiger partial charge in [-0.3, -0.25) is 0 Å². The second kappa shape index (κ2) is 10.4. The van der Waals surface area contributed by atoms with Crippen LogP contribution in [0.5, 0.6) is 0 Å². The number of hydrogen-bond donors (Lipinski definition) is 3. The summed E-state index contributed by atoms with van der Waals surface area (Å²) in [5.74, 6) is -0.470. The molecule has 0 aromatic heterocycles. The fourth-order valence-electron chi connectivity index (χ4n) is 2.71. The quantitative estimate of drug-likeness (QED) is 0.601. The first-order chi connectivity index (χ1) is 13.4. The SMILES string of the molecule is COC(=O)c1ccc(C(O)C(O)CCNC(=O)OCc2ccccc2)c(C)c1. The Morgan fingerprint density at radius 3 is 2.46 bits per heavy atom. The molecule has 0 aliphatic rings. The maximum absolute atomic E-state index is 11.7. The molecule has 0 saturated carbocycles. The number of esters is 1. The number of aryl methyl sites for hydroxylation is 1. The summed E-state index contributed by atoms with van der Waals surface area (Å²) < 4.78 is 9.74. The van der Waals surface area contributed by atoms with E-state index in [2.05, 4.69) is 10.1 Å². The minimum atomic E-state index is -1.14. The van der Waals surface area contributed by atoms with Gasteiger partial charge in [-0.15, -0.1) is 0 Å². The molecule has 0 saturated heterocycles. The Labute approximate surface area is 163 Å². The maximum atomic E-state index is 11.7. The molecule has 2 aromatic rings. The highest BCUT2D eigenvalue weighted by atomic mass is 16.5. The van der Waals surface area contributed by atoms with E-state index in [0.29, 0.717) is 16.7 Å². The lowest BCUT2D eigenvalue weighted by Gasteiger charge is -2.20. The molecule has 2 atom stereocenters. The van der Waals surface area contributed by atoms with E-state index < -0.39 is 24.3 Å². The zero-order chi connectivity index (χ0) is 20.5. The minimum absolute atomic E-state index is 0.139. The number of aliphatic hydroxyl groups excluding tert-OH is 2. The predicted octanol–water partition coefficient (Wildman–Crippen LogP) is 2.49. The van der Waals surface area contributed by atoms with Gasteiger partial charge in [0.2, 0.25) is 0 Å². The lowest BCUT2D eigenvalue weighted by Crippen LogP contribution is -2.30. The van der Waals surface area contributed by atoms with Gasteiger partial charge in [0.25, 0.3) is 0 Å². The van der Waals surface area contributed by atoms with E-state index in [-0.39, 0.29) is 19.6 Å². The van der Waals surface area contributed by atoms with Crippen molar-refractivity contribution in [3.63, 3.8) is 0 Å². The Hall–Kier alpha value is -2.90. The van der Waals surface area contributed by atoms with Crippen LogP contribution in [0.3, 0.4) is 0 Å². The fraction of sp³-hybridized carbons (Fsp3) is 0.333. The Bertz CT molecular complexity index is 793. The summed E-state index contributed by atoms with van der Waals surface area (Å²) in [5.41, 5.74) is 2.41. The lowest BCUT2D eigenvalue weighted by atomic mass is 9.96. The first-order valence-corrected chi connectivity index (χ1v) is 8.92. The van der Waals surface area contributed by atoms with Gasteiger partial charge < -0.3 is 25.0 Å². The van der Waals surface area contributed by atoms with Gasteiger partial charge in [0.1, 0.15) is 12.7 Å². The summed E-state index contributed by atoms with van der Waals surface area (Å²) in [5, 5.41) is 23.1. The smallest absolute Gasteiger partial charge is 0.407 e. The number of aliphatic hydroxyl groups is 2. The molecule has 3 N–H and O–H groups in total. The van der Waals surface area contributed by atoms with Crippen LogP contribution >= 0.6 is 0 Å². The molecule has 2 aromatic carbocycles. The molecule has 0 bridgehead atoms. The molecule has 2 unspecified atom stereocenters. The van der Waals surface area contributed by atoms with Crippen LogP contribution in [0.1, 0.15) is 39.6 Å². The van der Waals surface area contributed by atoms with E-state index >= 15 is 0 Å². The van der Waals surface area contributed by atoms with Crippen molar-refractivity contribution in [1.29, 1.82) is 0 Å². The van der Waals surface area contributed by atoms with E-state index in [4.69, 9.17) is 4.74 Å². The number of amides is 1. The lowest BCUT2D eigenvalue weighted by molar-refractivity contribution is 0.0132. The van der Waals surface area contributed by atoms with Gasteiger partial charge in [-0.25, -0.2) is 9.59 Å². The normalized spacial score (nSPS) is 12.7. The first kappa shape index (κ1) is 21.4. The minimum Gasteiger partial charge on any atom is -0.465 e. The molecule has 2 rings (SSSR count). The third-order valence-electron chi connectivity index (χ3n) is 4.30. The van der Waals surface area contributed by atoms with Crippen LogP contribution in [0.2, 0.25) is 0 Å². The standard InChI is InChI=1S/C21H25NO6/c1-14-12-16(20(25)27-2)8-9-17(14)19(24)18(23)10-11-22-21(26)28-13-15-6-4-3-5-7-15/h3-9,12,18-19,23-24H,10-11,13H2,1-2H3,(H,22,26). The Balaban J connectivity index is 1.79. The highest BCUT2D eigenvalue weighted by molar-refractivity contribution is 5.89. The third-order valence-corrected chi connectivity index (χ3v) is 4.30. The van der Waals surface area contributed by atoms with Crippen LogP contribution in [-0.4, -0.2) is 42.0 Å². The highest BCUT2D eigenvalue weighted by Gasteiger charge is 2.21. The molecule has 150 valence electrons. The van der Waals surface area contributed by atoms with Crippen LogP contribution in [0.4, 0.5) is 4.79 Å². The number of nitrogens with one attached hydrogen (secondary N) is 1. The number of rotatable bonds is 8. The Kier molecular flexibility index (Phi) is 7.98. The van der Waals surface area contributed by atoms with E-state index in [0.717, 1.165) is 5.56 Å². The first-order valence-electron chi connectivity index (χ1n) is 8.92. The topological polar surface area (TPSA) is 105 Å². The van der Waals surface area contributed by atoms with Gasteiger partial charge >= 0.3 is 12.1 Å². The number of alkyl carbamates (subject to hydrolysis) is 1. The summed E-state index contributed by atoms with van der Waals surface area (Å²) in [6.07, 6.45) is -2.69. The summed E-state index contributed by atoms with van der Waals surface area (Å²) in [6, 6.07) is 14.0. The van der Waals surface area contributed by atoms with Crippen LogP contribution < -0.4 is 5.32 Å². The number of ether oxygens (including phenoxy) is 2. The van der Waals surface area contributed by atoms with Crippen molar-refractivity contribution in [2.75, 3.05) is 13.7 Å². The van der Waals surface area contributed by atoms with Gasteiger partial charge in [-0.05, 0) is 42.2 Å². The van der Waals surface area contributed by atoms with Crippen LogP contribution in [0, 0.1) is 6.92 Å². The zero-order valence-corrected chi connectivity index (χ0v) is 15.9. The van der Waals surface area contributed by atoms with Crippen LogP contribution in [0.25, 0.3) is 0 Å². The average Bonchev–Trinajstić information content (AvgIpc) is 2.71. The monoisotopic (exact) mass is 387 g/mol. The molecule has 0 aliphatic heterocycles. The number of carbonyl (C=O) groups is 2. The van der Waals surface area contributed by atoms with Crippen molar-refractivity contribution in [1.82, 2.24) is 5.32 Å². The van der Waals surface area contributed by atoms with E-state index in [1.54, 1.807) is 19.1 Å². The van der Waals surface area contributed by atoms with Gasteiger partial charge in [0.15, 0.2) is 0 Å². The number of methoxy groups -OCH3 is 1. The molecule has 0 spiro atoms. The number of hydrogen-bond acceptors (Lipinski definition) is 6. The van der Waals surface area contributed by atoms with Crippen LogP contribution in [-0.2, 0) is 16.1 Å². The second-order valence-corrected chi connectivity index (χ2v) is 6.35. The number of carbonyl (C=O) groups excluding carboxylic acids is 2. The van der Waals surface area contributed by atoms with E-state index in [1.807, 2.05) is 30.3 Å². The maximum Gasteiger partial charge on any atom is 0.407 e. The second-order valence-electron chi connectivity index (χ2n) is 6.35. The van der Waals surface area contributed by atoms with Crippen molar-refractivity contribution in [3.8, 4) is 0 Å². The Morgan fingerprint density at radius 1 is 1.11 bits per heavy atom. The summed E-state index contributed by atoms with van der Waals surface area (Å²) >= 11 is 0. The summed E-state index contributed by atoms with van der Waals surface area (Å²) in [7, 11) is 1.29. The molecule has 1 amide bonds. The van der Waals surface area contributed by atoms with Gasteiger partial charge in [-0.1, -0.05) is 36.4 Å². The largest absolute Gasteiger partial charge is 0.465 e. The highest BCUT2D eigenvalue weighted by Crippen LogP contribution is 2.23. The van der Waals surface area contributed by atoms with Crippen molar-refractivity contribution < 1.29 is 29.3 Å². The molecule has 7 nitrogen and oxygen atoms in total. The van der Waals surface area contributed by atoms with Gasteiger partial charge in [0.05, 0.1) is 18.8 Å².